The van der Waals surface area contributed by atoms with Gasteiger partial charge in [0.2, 0.25) is 0 Å². The Kier molecular flexibility index (Phi) is 2.82. The zero-order valence-electron chi connectivity index (χ0n) is 6.93. The van der Waals surface area contributed by atoms with Crippen molar-refractivity contribution in [2.24, 2.45) is 0 Å². The molecule has 14 heavy (non-hydrogen) atoms. The molecule has 0 aliphatic carbocycles. The number of carboxylic acid groups (broad SMARTS) is 1. The van der Waals surface area contributed by atoms with Gasteiger partial charge in [-0.15, -0.1) is 5.26 Å². The third kappa shape index (κ3) is 2.08. The lowest BCUT2D eigenvalue weighted by atomic mass is 10.1. The minimum Gasteiger partial charge on any atom is -0.478 e. The third-order valence-electron chi connectivity index (χ3n) is 1.48. The van der Waals surface area contributed by atoms with Crippen molar-refractivity contribution < 1.29 is 19.4 Å². The predicted octanol–water partition coefficient (Wildman–Crippen LogP) is 1.02. The molecule has 0 saturated heterocycles. The fourth-order valence-electron chi connectivity index (χ4n) is 0.880. The molecule has 1 aromatic carbocycles. The Morgan fingerprint density at radius 2 is 2.00 bits per heavy atom. The lowest BCUT2D eigenvalue weighted by Crippen LogP contribution is -2.03. The number of rotatable bonds is 2. The summed E-state index contributed by atoms with van der Waals surface area (Å²) in [5.74, 6) is -2.01. The summed E-state index contributed by atoms with van der Waals surface area (Å²) >= 11 is 0. The normalized spacial score (nSPS) is 8.79. The van der Waals surface area contributed by atoms with E-state index in [0.29, 0.717) is 0 Å². The molecular formula is C9H5NO4. The summed E-state index contributed by atoms with van der Waals surface area (Å²) in [6, 6.07) is 5.25. The molecule has 1 N–H and O–H groups in total. The van der Waals surface area contributed by atoms with Gasteiger partial charge in [0.05, 0.1) is 11.1 Å². The molecule has 0 amide bonds. The molecule has 0 bridgehead atoms. The van der Waals surface area contributed by atoms with Crippen molar-refractivity contribution in [2.45, 2.75) is 0 Å². The zero-order chi connectivity index (χ0) is 10.6. The number of aromatic carboxylic acids is 1. The number of carboxylic acids is 1. The first-order chi connectivity index (χ1) is 6.65. The number of hydrogen-bond acceptors (Lipinski definition) is 4. The molecule has 0 aromatic heterocycles. The highest BCUT2D eigenvalue weighted by Crippen LogP contribution is 2.06. The average molecular weight is 191 g/mol. The standard InChI is InChI=1S/C9H5NO4/c10-5-14-9(13)7-3-1-2-6(4-7)8(11)12/h1-4H,(H,11,12). The van der Waals surface area contributed by atoms with Crippen LogP contribution < -0.4 is 0 Å². The molecule has 5 nitrogen and oxygen atoms in total. The van der Waals surface area contributed by atoms with Crippen LogP contribution in [0.4, 0.5) is 0 Å². The van der Waals surface area contributed by atoms with E-state index in [2.05, 4.69) is 4.74 Å². The Hall–Kier alpha value is -2.35. The summed E-state index contributed by atoms with van der Waals surface area (Å²) in [5.41, 5.74) is 0.00356. The molecule has 1 rings (SSSR count). The number of nitrogens with zero attached hydrogens (tertiary/aromatic N) is 1. The van der Waals surface area contributed by atoms with Crippen LogP contribution in [-0.4, -0.2) is 17.0 Å². The number of esters is 1. The first-order valence-electron chi connectivity index (χ1n) is 3.59. The van der Waals surface area contributed by atoms with E-state index in [1.807, 2.05) is 0 Å². The Morgan fingerprint density at radius 3 is 2.57 bits per heavy atom. The van der Waals surface area contributed by atoms with Gasteiger partial charge in [0.15, 0.2) is 0 Å². The smallest absolute Gasteiger partial charge is 0.353 e. The molecule has 0 unspecified atom stereocenters. The molecular weight excluding hydrogens is 186 g/mol. The lowest BCUT2D eigenvalue weighted by Gasteiger charge is -1.97. The van der Waals surface area contributed by atoms with Gasteiger partial charge in [-0.1, -0.05) is 6.07 Å². The summed E-state index contributed by atoms with van der Waals surface area (Å²) in [6.45, 7) is 0. The van der Waals surface area contributed by atoms with Crippen molar-refractivity contribution in [3.05, 3.63) is 35.4 Å². The van der Waals surface area contributed by atoms with E-state index in [1.165, 1.54) is 24.5 Å². The second-order valence-corrected chi connectivity index (χ2v) is 2.37. The highest BCUT2D eigenvalue weighted by atomic mass is 16.5. The highest BCUT2D eigenvalue weighted by molar-refractivity contribution is 5.94. The Labute approximate surface area is 79.1 Å². The molecule has 0 radical (unpaired) electrons. The van der Waals surface area contributed by atoms with Crippen LogP contribution in [0.5, 0.6) is 0 Å². The van der Waals surface area contributed by atoms with Crippen molar-refractivity contribution in [3.8, 4) is 6.26 Å². The molecule has 0 aliphatic heterocycles. The van der Waals surface area contributed by atoms with Crippen LogP contribution in [-0.2, 0) is 4.74 Å². The second-order valence-electron chi connectivity index (χ2n) is 2.37. The van der Waals surface area contributed by atoms with Crippen molar-refractivity contribution in [1.29, 1.82) is 5.26 Å². The summed E-state index contributed by atoms with van der Waals surface area (Å²) < 4.78 is 4.04. The van der Waals surface area contributed by atoms with Crippen LogP contribution in [0, 0.1) is 11.5 Å². The van der Waals surface area contributed by atoms with E-state index in [4.69, 9.17) is 10.4 Å². The van der Waals surface area contributed by atoms with Gasteiger partial charge >= 0.3 is 11.9 Å². The number of ether oxygens (including phenoxy) is 1. The Morgan fingerprint density at radius 1 is 1.36 bits per heavy atom. The van der Waals surface area contributed by atoms with Gasteiger partial charge < -0.3 is 9.84 Å². The Bertz CT molecular complexity index is 419. The molecule has 0 spiro atoms. The van der Waals surface area contributed by atoms with Gasteiger partial charge in [-0.05, 0) is 18.2 Å². The summed E-state index contributed by atoms with van der Waals surface area (Å²) in [6.07, 6.45) is 1.22. The Balaban J connectivity index is 3.01. The number of carbonyl (C=O) groups is 2. The molecule has 5 heteroatoms. The largest absolute Gasteiger partial charge is 0.478 e. The first-order valence-corrected chi connectivity index (χ1v) is 3.59. The third-order valence-corrected chi connectivity index (χ3v) is 1.48. The fourth-order valence-corrected chi connectivity index (χ4v) is 0.880. The molecule has 0 saturated carbocycles. The molecule has 1 aromatic rings. The van der Waals surface area contributed by atoms with E-state index >= 15 is 0 Å². The van der Waals surface area contributed by atoms with Gasteiger partial charge in [0.1, 0.15) is 0 Å². The van der Waals surface area contributed by atoms with Gasteiger partial charge in [-0.3, -0.25) is 0 Å². The molecule has 70 valence electrons. The average Bonchev–Trinajstić information content (AvgIpc) is 2.18. The van der Waals surface area contributed by atoms with Crippen molar-refractivity contribution in [2.75, 3.05) is 0 Å². The van der Waals surface area contributed by atoms with Gasteiger partial charge in [0.25, 0.3) is 6.26 Å². The molecule has 0 atom stereocenters. The van der Waals surface area contributed by atoms with Crippen molar-refractivity contribution in [1.82, 2.24) is 0 Å². The van der Waals surface area contributed by atoms with Crippen LogP contribution in [0.3, 0.4) is 0 Å². The maximum atomic E-state index is 11.0. The van der Waals surface area contributed by atoms with E-state index < -0.39 is 11.9 Å². The van der Waals surface area contributed by atoms with E-state index in [1.54, 1.807) is 0 Å². The first kappa shape index (κ1) is 9.74. The highest BCUT2D eigenvalue weighted by Gasteiger charge is 2.10. The van der Waals surface area contributed by atoms with Gasteiger partial charge in [-0.25, -0.2) is 9.59 Å². The second kappa shape index (κ2) is 4.05. The molecule has 0 aliphatic rings. The minimum absolute atomic E-state index is 0.0302. The molecule has 0 heterocycles. The van der Waals surface area contributed by atoms with Gasteiger partial charge in [-0.2, -0.15) is 0 Å². The quantitative estimate of drug-likeness (QED) is 0.557. The maximum absolute atomic E-state index is 11.0. The summed E-state index contributed by atoms with van der Waals surface area (Å²) in [4.78, 5) is 21.5. The SMILES string of the molecule is N#COC(=O)c1cccc(C(=O)O)c1. The molecule has 0 fully saturated rings. The van der Waals surface area contributed by atoms with E-state index in [0.717, 1.165) is 6.07 Å². The maximum Gasteiger partial charge on any atom is 0.353 e. The number of benzene rings is 1. The number of carbonyl (C=O) groups excluding carboxylic acids is 1. The van der Waals surface area contributed by atoms with Crippen molar-refractivity contribution >= 4 is 11.9 Å². The lowest BCUT2D eigenvalue weighted by molar-refractivity contribution is 0.0685. The number of hydrogen-bond donors (Lipinski definition) is 1. The van der Waals surface area contributed by atoms with E-state index in [9.17, 15) is 9.59 Å². The van der Waals surface area contributed by atoms with Gasteiger partial charge in [0, 0.05) is 0 Å². The van der Waals surface area contributed by atoms with Crippen LogP contribution >= 0.6 is 0 Å². The topological polar surface area (TPSA) is 87.4 Å². The van der Waals surface area contributed by atoms with Crippen LogP contribution in [0.1, 0.15) is 20.7 Å². The minimum atomic E-state index is -1.14. The van der Waals surface area contributed by atoms with Crippen LogP contribution in [0.25, 0.3) is 0 Å². The van der Waals surface area contributed by atoms with E-state index in [-0.39, 0.29) is 11.1 Å². The van der Waals surface area contributed by atoms with Crippen LogP contribution in [0.15, 0.2) is 24.3 Å². The zero-order valence-corrected chi connectivity index (χ0v) is 6.93. The number of nitriles is 1. The summed E-state index contributed by atoms with van der Waals surface area (Å²) in [5, 5.41) is 16.7. The summed E-state index contributed by atoms with van der Waals surface area (Å²) in [7, 11) is 0. The van der Waals surface area contributed by atoms with Crippen molar-refractivity contribution in [3.63, 3.8) is 0 Å². The monoisotopic (exact) mass is 191 g/mol. The van der Waals surface area contributed by atoms with Crippen LogP contribution in [0.2, 0.25) is 0 Å². The predicted molar refractivity (Wildman–Crippen MR) is 44.4 cm³/mol. The fraction of sp³-hybridized carbons (Fsp3) is 0.